The molecule has 1 aliphatic rings. The van der Waals surface area contributed by atoms with E-state index in [0.717, 1.165) is 4.90 Å². The van der Waals surface area contributed by atoms with E-state index in [1.165, 1.54) is 0 Å². The van der Waals surface area contributed by atoms with Gasteiger partial charge in [0.15, 0.2) is 6.61 Å². The van der Waals surface area contributed by atoms with Crippen LogP contribution in [0.3, 0.4) is 0 Å². The normalized spacial score (nSPS) is 15.1. The SMILES string of the molecule is CC(C)[C@H](C(=O)OCC(=O)NC(C)(C)C)N1C(=O)c2ccccc2C1=O. The van der Waals surface area contributed by atoms with Crippen LogP contribution in [0.1, 0.15) is 55.3 Å². The molecule has 1 atom stereocenters. The molecule has 7 heteroatoms. The number of nitrogens with one attached hydrogen (secondary N) is 1. The number of carbonyl (C=O) groups is 4. The fourth-order valence-electron chi connectivity index (χ4n) is 2.81. The summed E-state index contributed by atoms with van der Waals surface area (Å²) >= 11 is 0. The molecular weight excluding hydrogens is 336 g/mol. The average Bonchev–Trinajstić information content (AvgIpc) is 2.77. The van der Waals surface area contributed by atoms with Crippen molar-refractivity contribution in [3.8, 4) is 0 Å². The summed E-state index contributed by atoms with van der Waals surface area (Å²) < 4.78 is 5.08. The number of ether oxygens (including phenoxy) is 1. The lowest BCUT2D eigenvalue weighted by Gasteiger charge is -2.27. The van der Waals surface area contributed by atoms with Crippen LogP contribution in [0.25, 0.3) is 0 Å². The Morgan fingerprint density at radius 2 is 1.58 bits per heavy atom. The zero-order valence-electron chi connectivity index (χ0n) is 15.7. The van der Waals surface area contributed by atoms with Crippen LogP contribution in [-0.2, 0) is 14.3 Å². The Kier molecular flexibility index (Phi) is 5.49. The van der Waals surface area contributed by atoms with Crippen LogP contribution >= 0.6 is 0 Å². The molecule has 0 saturated carbocycles. The quantitative estimate of drug-likeness (QED) is 0.638. The fraction of sp³-hybridized carbons (Fsp3) is 0.474. The van der Waals surface area contributed by atoms with Crippen molar-refractivity contribution >= 4 is 23.7 Å². The van der Waals surface area contributed by atoms with E-state index in [1.54, 1.807) is 38.1 Å². The fourth-order valence-corrected chi connectivity index (χ4v) is 2.81. The first-order chi connectivity index (χ1) is 12.0. The highest BCUT2D eigenvalue weighted by Gasteiger charge is 2.44. The molecule has 140 valence electrons. The van der Waals surface area contributed by atoms with Crippen LogP contribution in [0.5, 0.6) is 0 Å². The second-order valence-corrected chi connectivity index (χ2v) is 7.62. The van der Waals surface area contributed by atoms with Gasteiger partial charge >= 0.3 is 5.97 Å². The first kappa shape index (κ1) is 19.6. The van der Waals surface area contributed by atoms with Crippen molar-refractivity contribution in [2.45, 2.75) is 46.2 Å². The van der Waals surface area contributed by atoms with Gasteiger partial charge in [0.1, 0.15) is 6.04 Å². The van der Waals surface area contributed by atoms with Gasteiger partial charge in [-0.1, -0.05) is 26.0 Å². The van der Waals surface area contributed by atoms with Gasteiger partial charge < -0.3 is 10.1 Å². The van der Waals surface area contributed by atoms with Crippen molar-refractivity contribution in [3.05, 3.63) is 35.4 Å². The Morgan fingerprint density at radius 3 is 2.00 bits per heavy atom. The summed E-state index contributed by atoms with van der Waals surface area (Å²) in [6, 6.07) is 5.33. The number of fused-ring (bicyclic) bond motifs is 1. The summed E-state index contributed by atoms with van der Waals surface area (Å²) in [6.45, 7) is 8.38. The van der Waals surface area contributed by atoms with Crippen molar-refractivity contribution in [3.63, 3.8) is 0 Å². The average molecular weight is 360 g/mol. The highest BCUT2D eigenvalue weighted by atomic mass is 16.5. The third-order valence-electron chi connectivity index (χ3n) is 3.84. The van der Waals surface area contributed by atoms with Crippen LogP contribution in [-0.4, -0.2) is 46.8 Å². The molecule has 0 bridgehead atoms. The van der Waals surface area contributed by atoms with Crippen molar-refractivity contribution in [1.82, 2.24) is 10.2 Å². The number of carbonyl (C=O) groups excluding carboxylic acids is 4. The number of hydrogen-bond acceptors (Lipinski definition) is 5. The Hall–Kier alpha value is -2.70. The summed E-state index contributed by atoms with van der Waals surface area (Å²) in [4.78, 5) is 50.5. The van der Waals surface area contributed by atoms with E-state index in [1.807, 2.05) is 20.8 Å². The van der Waals surface area contributed by atoms with Crippen LogP contribution in [0.15, 0.2) is 24.3 Å². The molecule has 0 radical (unpaired) electrons. The Labute approximate surface area is 152 Å². The van der Waals surface area contributed by atoms with E-state index in [-0.39, 0.29) is 17.0 Å². The van der Waals surface area contributed by atoms with Crippen molar-refractivity contribution in [2.24, 2.45) is 5.92 Å². The van der Waals surface area contributed by atoms with Gasteiger partial charge in [0.05, 0.1) is 11.1 Å². The number of nitrogens with zero attached hydrogens (tertiary/aromatic N) is 1. The number of benzene rings is 1. The zero-order valence-corrected chi connectivity index (χ0v) is 15.7. The molecular formula is C19H24N2O5. The first-order valence-corrected chi connectivity index (χ1v) is 8.47. The van der Waals surface area contributed by atoms with E-state index >= 15 is 0 Å². The first-order valence-electron chi connectivity index (χ1n) is 8.47. The maximum atomic E-state index is 12.6. The van der Waals surface area contributed by atoms with Gasteiger partial charge in [-0.15, -0.1) is 0 Å². The number of rotatable bonds is 5. The molecule has 0 saturated heterocycles. The molecule has 0 unspecified atom stereocenters. The highest BCUT2D eigenvalue weighted by molar-refractivity contribution is 6.22. The van der Waals surface area contributed by atoms with Crippen LogP contribution in [0.2, 0.25) is 0 Å². The van der Waals surface area contributed by atoms with Gasteiger partial charge in [-0.2, -0.15) is 0 Å². The smallest absolute Gasteiger partial charge is 0.330 e. The van der Waals surface area contributed by atoms with Gasteiger partial charge in [0.2, 0.25) is 0 Å². The van der Waals surface area contributed by atoms with Gasteiger partial charge in [0.25, 0.3) is 17.7 Å². The van der Waals surface area contributed by atoms with Gasteiger partial charge in [-0.25, -0.2) is 4.79 Å². The molecule has 1 heterocycles. The summed E-state index contributed by atoms with van der Waals surface area (Å²) in [5.41, 5.74) is 0.0755. The maximum Gasteiger partial charge on any atom is 0.330 e. The zero-order chi connectivity index (χ0) is 19.6. The molecule has 0 aliphatic carbocycles. The summed E-state index contributed by atoms with van der Waals surface area (Å²) in [5.74, 6) is -2.65. The molecule has 1 aromatic rings. The van der Waals surface area contributed by atoms with E-state index in [4.69, 9.17) is 4.74 Å². The third-order valence-corrected chi connectivity index (χ3v) is 3.84. The minimum Gasteiger partial charge on any atom is -0.454 e. The molecule has 1 aliphatic heterocycles. The molecule has 2 rings (SSSR count). The predicted molar refractivity (Wildman–Crippen MR) is 94.4 cm³/mol. The van der Waals surface area contributed by atoms with E-state index < -0.39 is 41.9 Å². The van der Waals surface area contributed by atoms with Crippen LogP contribution in [0.4, 0.5) is 0 Å². The summed E-state index contributed by atoms with van der Waals surface area (Å²) in [5, 5.41) is 2.68. The Morgan fingerprint density at radius 1 is 1.08 bits per heavy atom. The third kappa shape index (κ3) is 4.09. The lowest BCUT2D eigenvalue weighted by Crippen LogP contribution is -2.50. The standard InChI is InChI=1S/C19H24N2O5/c1-11(2)15(18(25)26-10-14(22)20-19(3,4)5)21-16(23)12-8-6-7-9-13(12)17(21)24/h6-9,11,15H,10H2,1-5H3,(H,20,22)/t15-/m1/s1. The van der Waals surface area contributed by atoms with Crippen LogP contribution in [0, 0.1) is 5.92 Å². The summed E-state index contributed by atoms with van der Waals surface area (Å²) in [7, 11) is 0. The topological polar surface area (TPSA) is 92.8 Å². The molecule has 3 amide bonds. The number of hydrogen-bond donors (Lipinski definition) is 1. The largest absolute Gasteiger partial charge is 0.454 e. The molecule has 0 spiro atoms. The predicted octanol–water partition coefficient (Wildman–Crippen LogP) is 1.77. The van der Waals surface area contributed by atoms with Gasteiger partial charge in [0, 0.05) is 5.54 Å². The number of esters is 1. The molecule has 0 aromatic heterocycles. The van der Waals surface area contributed by atoms with E-state index in [0.29, 0.717) is 0 Å². The molecule has 0 fully saturated rings. The van der Waals surface area contributed by atoms with Gasteiger partial charge in [-0.3, -0.25) is 19.3 Å². The lowest BCUT2D eigenvalue weighted by atomic mass is 10.0. The Bertz CT molecular complexity index is 714. The molecule has 1 N–H and O–H groups in total. The monoisotopic (exact) mass is 360 g/mol. The van der Waals surface area contributed by atoms with Crippen molar-refractivity contribution in [2.75, 3.05) is 6.61 Å². The molecule has 26 heavy (non-hydrogen) atoms. The molecule has 7 nitrogen and oxygen atoms in total. The van der Waals surface area contributed by atoms with Crippen LogP contribution < -0.4 is 5.32 Å². The van der Waals surface area contributed by atoms with Gasteiger partial charge in [-0.05, 0) is 38.8 Å². The minimum atomic E-state index is -1.09. The van der Waals surface area contributed by atoms with E-state index in [2.05, 4.69) is 5.32 Å². The van der Waals surface area contributed by atoms with E-state index in [9.17, 15) is 19.2 Å². The highest BCUT2D eigenvalue weighted by Crippen LogP contribution is 2.27. The number of imide groups is 1. The second kappa shape index (κ2) is 7.27. The maximum absolute atomic E-state index is 12.6. The lowest BCUT2D eigenvalue weighted by molar-refractivity contribution is -0.154. The van der Waals surface area contributed by atoms with Crippen molar-refractivity contribution < 1.29 is 23.9 Å². The van der Waals surface area contributed by atoms with Crippen molar-refractivity contribution in [1.29, 1.82) is 0 Å². The number of amides is 3. The second-order valence-electron chi connectivity index (χ2n) is 7.62. The Balaban J connectivity index is 2.15. The minimum absolute atomic E-state index is 0.265. The molecule has 1 aromatic carbocycles. The summed E-state index contributed by atoms with van der Waals surface area (Å²) in [6.07, 6.45) is 0.